The Morgan fingerprint density at radius 1 is 1.12 bits per heavy atom. The largest absolute Gasteiger partial charge is 0.573 e. The van der Waals surface area contributed by atoms with Crippen molar-refractivity contribution in [3.05, 3.63) is 35.7 Å². The normalized spacial score (nSPS) is 18.4. The maximum atomic E-state index is 14.6. The zero-order valence-electron chi connectivity index (χ0n) is 13.9. The van der Waals surface area contributed by atoms with Crippen LogP contribution in [0.2, 0.25) is 0 Å². The third kappa shape index (κ3) is 5.38. The van der Waals surface area contributed by atoms with E-state index in [-0.39, 0.29) is 17.9 Å². The van der Waals surface area contributed by atoms with Gasteiger partial charge in [-0.2, -0.15) is 0 Å². The third-order valence-corrected chi connectivity index (χ3v) is 4.67. The summed E-state index contributed by atoms with van der Waals surface area (Å²) < 4.78 is 61.9. The molecule has 2 saturated carbocycles. The molecule has 138 valence electrons. The van der Waals surface area contributed by atoms with Gasteiger partial charge in [-0.25, -0.2) is 4.39 Å². The highest BCUT2D eigenvalue weighted by Crippen LogP contribution is 2.38. The lowest BCUT2D eigenvalue weighted by atomic mass is 9.86. The van der Waals surface area contributed by atoms with Crippen LogP contribution in [0.1, 0.15) is 44.1 Å². The number of alkyl halides is 3. The molecule has 0 aromatic heterocycles. The van der Waals surface area contributed by atoms with Crippen LogP contribution < -0.4 is 9.47 Å². The van der Waals surface area contributed by atoms with Crippen molar-refractivity contribution in [1.29, 1.82) is 0 Å². The van der Waals surface area contributed by atoms with Crippen LogP contribution in [0.5, 0.6) is 11.5 Å². The number of allylic oxidation sites excluding steroid dienone is 2. The van der Waals surface area contributed by atoms with Crippen molar-refractivity contribution in [1.82, 2.24) is 0 Å². The van der Waals surface area contributed by atoms with Crippen molar-refractivity contribution >= 4 is 0 Å². The monoisotopic (exact) mass is 358 g/mol. The molecule has 0 atom stereocenters. The Balaban J connectivity index is 1.70. The lowest BCUT2D eigenvalue weighted by Crippen LogP contribution is -2.22. The highest BCUT2D eigenvalue weighted by Gasteiger charge is 2.35. The highest BCUT2D eigenvalue weighted by atomic mass is 19.4. The van der Waals surface area contributed by atoms with Crippen LogP contribution in [0.4, 0.5) is 17.6 Å². The van der Waals surface area contributed by atoms with Gasteiger partial charge in [-0.1, -0.05) is 24.6 Å². The predicted molar refractivity (Wildman–Crippen MR) is 86.1 cm³/mol. The van der Waals surface area contributed by atoms with Crippen LogP contribution >= 0.6 is 0 Å². The van der Waals surface area contributed by atoms with E-state index in [2.05, 4.69) is 10.8 Å². The van der Waals surface area contributed by atoms with E-state index in [1.165, 1.54) is 25.0 Å². The topological polar surface area (TPSA) is 18.5 Å². The summed E-state index contributed by atoms with van der Waals surface area (Å²) in [6, 6.07) is 2.86. The van der Waals surface area contributed by atoms with Gasteiger partial charge >= 0.3 is 6.36 Å². The van der Waals surface area contributed by atoms with Crippen LogP contribution in [0.15, 0.2) is 24.3 Å². The van der Waals surface area contributed by atoms with Crippen molar-refractivity contribution in [2.75, 3.05) is 6.61 Å². The molecule has 0 spiro atoms. The summed E-state index contributed by atoms with van der Waals surface area (Å²) in [5.41, 5.74) is 0.204. The number of rotatable bonds is 8. The fourth-order valence-electron chi connectivity index (χ4n) is 2.78. The quantitative estimate of drug-likeness (QED) is 0.432. The van der Waals surface area contributed by atoms with Gasteiger partial charge in [-0.3, -0.25) is 0 Å². The molecular weight excluding hydrogens is 336 g/mol. The fraction of sp³-hybridized carbons (Fsp3) is 0.579. The van der Waals surface area contributed by atoms with Gasteiger partial charge in [-0.15, -0.1) is 13.2 Å². The molecule has 0 saturated heterocycles. The molecule has 0 N–H and O–H groups in total. The molecule has 0 amide bonds. The SMILES string of the molecule is Fc1c(CC/C=C/C2CC2)ccc(OCC2CCC2)c1OC(F)(F)F. The third-order valence-electron chi connectivity index (χ3n) is 4.67. The number of benzene rings is 1. The molecule has 1 aromatic carbocycles. The van der Waals surface area contributed by atoms with E-state index in [1.54, 1.807) is 0 Å². The lowest BCUT2D eigenvalue weighted by molar-refractivity contribution is -0.276. The first kappa shape index (κ1) is 18.1. The molecule has 0 aliphatic heterocycles. The molecule has 1 aromatic rings. The molecule has 25 heavy (non-hydrogen) atoms. The number of halogens is 4. The van der Waals surface area contributed by atoms with Crippen LogP contribution in [0.3, 0.4) is 0 Å². The molecule has 0 radical (unpaired) electrons. The first-order chi connectivity index (χ1) is 11.9. The van der Waals surface area contributed by atoms with E-state index in [4.69, 9.17) is 4.74 Å². The molecular formula is C19H22F4O2. The Morgan fingerprint density at radius 3 is 2.48 bits per heavy atom. The molecule has 0 heterocycles. The van der Waals surface area contributed by atoms with E-state index in [1.807, 2.05) is 6.08 Å². The second kappa shape index (κ2) is 7.67. The zero-order chi connectivity index (χ0) is 17.9. The summed E-state index contributed by atoms with van der Waals surface area (Å²) in [6.07, 6.45) is 5.44. The summed E-state index contributed by atoms with van der Waals surface area (Å²) in [5, 5.41) is 0. The van der Waals surface area contributed by atoms with Crippen LogP contribution in [0, 0.1) is 17.7 Å². The number of aryl methyl sites for hydroxylation is 1. The molecule has 6 heteroatoms. The molecule has 3 rings (SSSR count). The van der Waals surface area contributed by atoms with Crippen molar-refractivity contribution in [2.45, 2.75) is 51.3 Å². The number of hydrogen-bond acceptors (Lipinski definition) is 2. The Kier molecular flexibility index (Phi) is 5.54. The maximum absolute atomic E-state index is 14.6. The van der Waals surface area contributed by atoms with Gasteiger partial charge in [0, 0.05) is 0 Å². The molecule has 2 fully saturated rings. The van der Waals surface area contributed by atoms with E-state index < -0.39 is 17.9 Å². The number of ether oxygens (including phenoxy) is 2. The zero-order valence-corrected chi connectivity index (χ0v) is 13.9. The van der Waals surface area contributed by atoms with Crippen LogP contribution in [0.25, 0.3) is 0 Å². The Hall–Kier alpha value is -1.72. The molecule has 0 bridgehead atoms. The van der Waals surface area contributed by atoms with Gasteiger partial charge in [0.2, 0.25) is 5.75 Å². The van der Waals surface area contributed by atoms with E-state index in [9.17, 15) is 17.6 Å². The lowest BCUT2D eigenvalue weighted by Gasteiger charge is -2.26. The predicted octanol–water partition coefficient (Wildman–Crippen LogP) is 5.80. The van der Waals surface area contributed by atoms with Gasteiger partial charge in [0.1, 0.15) is 0 Å². The highest BCUT2D eigenvalue weighted by molar-refractivity contribution is 5.45. The van der Waals surface area contributed by atoms with Gasteiger partial charge in [0.15, 0.2) is 11.6 Å². The molecule has 2 nitrogen and oxygen atoms in total. The minimum atomic E-state index is -4.96. The summed E-state index contributed by atoms with van der Waals surface area (Å²) in [6.45, 7) is 0.289. The summed E-state index contributed by atoms with van der Waals surface area (Å²) in [4.78, 5) is 0. The summed E-state index contributed by atoms with van der Waals surface area (Å²) in [5.74, 6) is -1.07. The number of hydrogen-bond donors (Lipinski definition) is 0. The Labute approximate surface area is 144 Å². The summed E-state index contributed by atoms with van der Waals surface area (Å²) in [7, 11) is 0. The van der Waals surface area contributed by atoms with Gasteiger partial charge in [0.25, 0.3) is 0 Å². The van der Waals surface area contributed by atoms with Crippen molar-refractivity contribution < 1.29 is 27.0 Å². The first-order valence-electron chi connectivity index (χ1n) is 8.79. The van der Waals surface area contributed by atoms with E-state index in [0.29, 0.717) is 24.7 Å². The average molecular weight is 358 g/mol. The Morgan fingerprint density at radius 2 is 1.88 bits per heavy atom. The van der Waals surface area contributed by atoms with Gasteiger partial charge in [0.05, 0.1) is 6.61 Å². The minimum Gasteiger partial charge on any atom is -0.489 e. The minimum absolute atomic E-state index is 0.181. The fourth-order valence-corrected chi connectivity index (χ4v) is 2.78. The van der Waals surface area contributed by atoms with Crippen molar-refractivity contribution in [2.24, 2.45) is 11.8 Å². The van der Waals surface area contributed by atoms with Crippen LogP contribution in [-0.4, -0.2) is 13.0 Å². The maximum Gasteiger partial charge on any atom is 0.573 e. The standard InChI is InChI=1S/C19H22F4O2/c20-17-15(7-2-1-4-13-8-9-13)10-11-16(18(17)25-19(21,22)23)24-12-14-5-3-6-14/h1,4,10-11,13-14H,2-3,5-9,12H2/b4-1+. The van der Waals surface area contributed by atoms with Crippen LogP contribution in [-0.2, 0) is 6.42 Å². The van der Waals surface area contributed by atoms with Gasteiger partial charge in [-0.05, 0) is 62.0 Å². The second-order valence-corrected chi connectivity index (χ2v) is 6.83. The smallest absolute Gasteiger partial charge is 0.489 e. The molecule has 0 unspecified atom stereocenters. The molecule has 2 aliphatic carbocycles. The van der Waals surface area contributed by atoms with Gasteiger partial charge < -0.3 is 9.47 Å². The Bertz CT molecular complexity index is 617. The first-order valence-corrected chi connectivity index (χ1v) is 8.79. The van der Waals surface area contributed by atoms with E-state index >= 15 is 0 Å². The van der Waals surface area contributed by atoms with Crippen molar-refractivity contribution in [3.8, 4) is 11.5 Å². The molecule has 2 aliphatic rings. The average Bonchev–Trinajstić information content (AvgIpc) is 3.30. The second-order valence-electron chi connectivity index (χ2n) is 6.83. The van der Waals surface area contributed by atoms with E-state index in [0.717, 1.165) is 19.3 Å². The summed E-state index contributed by atoms with van der Waals surface area (Å²) >= 11 is 0. The van der Waals surface area contributed by atoms with Crippen molar-refractivity contribution in [3.63, 3.8) is 0 Å².